The van der Waals surface area contributed by atoms with E-state index in [2.05, 4.69) is 35.6 Å². The van der Waals surface area contributed by atoms with Crippen LogP contribution >= 0.6 is 0 Å². The predicted molar refractivity (Wildman–Crippen MR) is 86.5 cm³/mol. The van der Waals surface area contributed by atoms with Crippen molar-refractivity contribution in [2.24, 2.45) is 0 Å². The SMILES string of the molecule is CCCC(=O)c1ccc(-c2ccc3c(c2)CCNC3)cc1. The van der Waals surface area contributed by atoms with Crippen LogP contribution in [-0.2, 0) is 13.0 Å². The predicted octanol–water partition coefficient (Wildman–Crippen LogP) is 3.98. The van der Waals surface area contributed by atoms with Gasteiger partial charge >= 0.3 is 0 Å². The fourth-order valence-corrected chi connectivity index (χ4v) is 2.88. The van der Waals surface area contributed by atoms with E-state index in [4.69, 9.17) is 0 Å². The third-order valence-corrected chi connectivity index (χ3v) is 4.11. The van der Waals surface area contributed by atoms with Crippen molar-refractivity contribution in [3.63, 3.8) is 0 Å². The molecule has 1 aliphatic rings. The number of Topliss-reactive ketones (excluding diaryl/α,β-unsaturated/α-hetero) is 1. The Labute approximate surface area is 126 Å². The number of carbonyl (C=O) groups excluding carboxylic acids is 1. The van der Waals surface area contributed by atoms with E-state index in [1.807, 2.05) is 19.1 Å². The minimum atomic E-state index is 0.237. The highest BCUT2D eigenvalue weighted by Gasteiger charge is 2.10. The van der Waals surface area contributed by atoms with Crippen molar-refractivity contribution >= 4 is 5.78 Å². The van der Waals surface area contributed by atoms with Gasteiger partial charge in [0.05, 0.1) is 0 Å². The van der Waals surface area contributed by atoms with Crippen molar-refractivity contribution in [1.29, 1.82) is 0 Å². The average Bonchev–Trinajstić information content (AvgIpc) is 2.55. The van der Waals surface area contributed by atoms with E-state index in [1.165, 1.54) is 22.3 Å². The van der Waals surface area contributed by atoms with Crippen LogP contribution in [-0.4, -0.2) is 12.3 Å². The molecule has 0 saturated heterocycles. The third kappa shape index (κ3) is 3.06. The minimum Gasteiger partial charge on any atom is -0.312 e. The molecule has 0 saturated carbocycles. The third-order valence-electron chi connectivity index (χ3n) is 4.11. The van der Waals surface area contributed by atoms with Gasteiger partial charge in [-0.25, -0.2) is 0 Å². The van der Waals surface area contributed by atoms with Gasteiger partial charge in [-0.05, 0) is 41.6 Å². The number of fused-ring (bicyclic) bond motifs is 1. The van der Waals surface area contributed by atoms with E-state index in [0.717, 1.165) is 31.5 Å². The summed E-state index contributed by atoms with van der Waals surface area (Å²) in [7, 11) is 0. The molecule has 1 heterocycles. The van der Waals surface area contributed by atoms with Crippen LogP contribution in [0, 0.1) is 0 Å². The van der Waals surface area contributed by atoms with Gasteiger partial charge in [-0.1, -0.05) is 49.4 Å². The first-order chi connectivity index (χ1) is 10.3. The molecule has 2 nitrogen and oxygen atoms in total. The van der Waals surface area contributed by atoms with E-state index >= 15 is 0 Å². The fourth-order valence-electron chi connectivity index (χ4n) is 2.88. The highest BCUT2D eigenvalue weighted by molar-refractivity contribution is 5.96. The lowest BCUT2D eigenvalue weighted by Crippen LogP contribution is -2.23. The highest BCUT2D eigenvalue weighted by Crippen LogP contribution is 2.25. The summed E-state index contributed by atoms with van der Waals surface area (Å²) in [6, 6.07) is 14.7. The minimum absolute atomic E-state index is 0.237. The smallest absolute Gasteiger partial charge is 0.162 e. The molecule has 0 aromatic heterocycles. The lowest BCUT2D eigenvalue weighted by atomic mass is 9.94. The molecule has 1 N–H and O–H groups in total. The molecule has 3 rings (SSSR count). The highest BCUT2D eigenvalue weighted by atomic mass is 16.1. The maximum atomic E-state index is 11.9. The van der Waals surface area contributed by atoms with Gasteiger partial charge in [0, 0.05) is 18.5 Å². The van der Waals surface area contributed by atoms with Crippen LogP contribution in [0.15, 0.2) is 42.5 Å². The second-order valence-corrected chi connectivity index (χ2v) is 5.66. The molecule has 21 heavy (non-hydrogen) atoms. The first kappa shape index (κ1) is 14.0. The molecule has 108 valence electrons. The quantitative estimate of drug-likeness (QED) is 0.858. The van der Waals surface area contributed by atoms with Crippen LogP contribution in [0.5, 0.6) is 0 Å². The Bertz CT molecular complexity index is 643. The van der Waals surface area contributed by atoms with Crippen LogP contribution in [0.2, 0.25) is 0 Å². The van der Waals surface area contributed by atoms with E-state index in [0.29, 0.717) is 6.42 Å². The Morgan fingerprint density at radius 1 is 1.05 bits per heavy atom. The number of hydrogen-bond donors (Lipinski definition) is 1. The molecule has 1 aliphatic heterocycles. The van der Waals surface area contributed by atoms with E-state index in [9.17, 15) is 4.79 Å². The topological polar surface area (TPSA) is 29.1 Å². The van der Waals surface area contributed by atoms with Crippen LogP contribution in [0.25, 0.3) is 11.1 Å². The van der Waals surface area contributed by atoms with Crippen molar-refractivity contribution in [1.82, 2.24) is 5.32 Å². The van der Waals surface area contributed by atoms with Crippen molar-refractivity contribution in [3.05, 3.63) is 59.2 Å². The standard InChI is InChI=1S/C19H21NO/c1-2-3-19(21)15-6-4-14(5-7-15)16-8-9-18-13-20-11-10-17(18)12-16/h4-9,12,20H,2-3,10-11,13H2,1H3. The Kier molecular flexibility index (Phi) is 4.16. The summed E-state index contributed by atoms with van der Waals surface area (Å²) in [5.74, 6) is 0.237. The summed E-state index contributed by atoms with van der Waals surface area (Å²) in [6.07, 6.45) is 2.63. The van der Waals surface area contributed by atoms with Crippen LogP contribution < -0.4 is 5.32 Å². The molecule has 0 unspecified atom stereocenters. The number of nitrogens with one attached hydrogen (secondary N) is 1. The number of rotatable bonds is 4. The summed E-state index contributed by atoms with van der Waals surface area (Å²) in [6.45, 7) is 4.06. The Morgan fingerprint density at radius 3 is 2.57 bits per heavy atom. The molecule has 0 radical (unpaired) electrons. The largest absolute Gasteiger partial charge is 0.312 e. The van der Waals surface area contributed by atoms with Crippen molar-refractivity contribution in [2.45, 2.75) is 32.7 Å². The zero-order valence-electron chi connectivity index (χ0n) is 12.5. The zero-order valence-corrected chi connectivity index (χ0v) is 12.5. The van der Waals surface area contributed by atoms with Crippen molar-refractivity contribution < 1.29 is 4.79 Å². The van der Waals surface area contributed by atoms with E-state index in [1.54, 1.807) is 0 Å². The molecule has 2 heteroatoms. The summed E-state index contributed by atoms with van der Waals surface area (Å²) in [5, 5.41) is 3.39. The monoisotopic (exact) mass is 279 g/mol. The zero-order chi connectivity index (χ0) is 14.7. The van der Waals surface area contributed by atoms with Crippen LogP contribution in [0.3, 0.4) is 0 Å². The van der Waals surface area contributed by atoms with Crippen molar-refractivity contribution in [3.8, 4) is 11.1 Å². The molecular weight excluding hydrogens is 258 g/mol. The molecule has 0 spiro atoms. The molecule has 0 atom stereocenters. The number of ketones is 1. The van der Waals surface area contributed by atoms with Gasteiger partial charge in [-0.3, -0.25) is 4.79 Å². The second-order valence-electron chi connectivity index (χ2n) is 5.66. The molecule has 2 aromatic carbocycles. The lowest BCUT2D eigenvalue weighted by Gasteiger charge is -2.18. The summed E-state index contributed by atoms with van der Waals surface area (Å²) in [4.78, 5) is 11.9. The van der Waals surface area contributed by atoms with Gasteiger partial charge in [0.15, 0.2) is 5.78 Å². The van der Waals surface area contributed by atoms with Gasteiger partial charge in [-0.2, -0.15) is 0 Å². The fraction of sp³-hybridized carbons (Fsp3) is 0.316. The normalized spacial score (nSPS) is 13.8. The Morgan fingerprint density at radius 2 is 1.81 bits per heavy atom. The average molecular weight is 279 g/mol. The van der Waals surface area contributed by atoms with Gasteiger partial charge < -0.3 is 5.32 Å². The Balaban J connectivity index is 1.85. The van der Waals surface area contributed by atoms with Gasteiger partial charge in [0.25, 0.3) is 0 Å². The maximum absolute atomic E-state index is 11.9. The van der Waals surface area contributed by atoms with Gasteiger partial charge in [-0.15, -0.1) is 0 Å². The molecular formula is C19H21NO. The number of hydrogen-bond acceptors (Lipinski definition) is 2. The molecule has 0 bridgehead atoms. The van der Waals surface area contributed by atoms with E-state index in [-0.39, 0.29) is 5.78 Å². The Hall–Kier alpha value is -1.93. The first-order valence-electron chi connectivity index (χ1n) is 7.74. The number of carbonyl (C=O) groups is 1. The first-order valence-corrected chi connectivity index (χ1v) is 7.74. The summed E-state index contributed by atoms with van der Waals surface area (Å²) in [5.41, 5.74) is 6.09. The van der Waals surface area contributed by atoms with Crippen molar-refractivity contribution in [2.75, 3.05) is 6.54 Å². The molecule has 0 fully saturated rings. The number of benzene rings is 2. The lowest BCUT2D eigenvalue weighted by molar-refractivity contribution is 0.0982. The van der Waals surface area contributed by atoms with E-state index < -0.39 is 0 Å². The molecule has 2 aromatic rings. The molecule has 0 amide bonds. The van der Waals surface area contributed by atoms with Crippen LogP contribution in [0.1, 0.15) is 41.3 Å². The second kappa shape index (κ2) is 6.23. The van der Waals surface area contributed by atoms with Gasteiger partial charge in [0.2, 0.25) is 0 Å². The summed E-state index contributed by atoms with van der Waals surface area (Å²) >= 11 is 0. The van der Waals surface area contributed by atoms with Crippen LogP contribution in [0.4, 0.5) is 0 Å². The summed E-state index contributed by atoms with van der Waals surface area (Å²) < 4.78 is 0. The molecule has 0 aliphatic carbocycles. The van der Waals surface area contributed by atoms with Gasteiger partial charge in [0.1, 0.15) is 0 Å². The maximum Gasteiger partial charge on any atom is 0.162 e.